The zero-order chi connectivity index (χ0) is 9.40. The molecule has 0 saturated carbocycles. The normalized spacial score (nSPS) is 10.3. The van der Waals surface area contributed by atoms with Gasteiger partial charge in [-0.05, 0) is 6.08 Å². The monoisotopic (exact) mass is 167 g/mol. The Kier molecular flexibility index (Phi) is 5.00. The molecule has 4 nitrogen and oxygen atoms in total. The molecule has 0 aliphatic heterocycles. The molecule has 12 heavy (non-hydrogen) atoms. The second kappa shape index (κ2) is 5.91. The molecule has 0 aromatic carbocycles. The molecule has 0 aromatic heterocycles. The van der Waals surface area contributed by atoms with E-state index in [9.17, 15) is 9.59 Å². The van der Waals surface area contributed by atoms with Gasteiger partial charge in [-0.2, -0.15) is 0 Å². The molecule has 0 fully saturated rings. The van der Waals surface area contributed by atoms with Crippen LogP contribution in [0.15, 0.2) is 37.1 Å². The summed E-state index contributed by atoms with van der Waals surface area (Å²) in [4.78, 5) is 20.3. The second-order valence-corrected chi connectivity index (χ2v) is 1.76. The number of rotatable bonds is 3. The van der Waals surface area contributed by atoms with Crippen LogP contribution in [0.2, 0.25) is 0 Å². The fraction of sp³-hybridized carbons (Fsp3) is 0. The van der Waals surface area contributed by atoms with Gasteiger partial charge in [0.15, 0.2) is 0 Å². The van der Waals surface area contributed by atoms with Crippen molar-refractivity contribution in [3.05, 3.63) is 37.1 Å². The van der Waals surface area contributed by atoms with E-state index in [1.54, 1.807) is 18.2 Å². The Morgan fingerprint density at radius 2 is 1.92 bits per heavy atom. The molecule has 0 radical (unpaired) electrons. The van der Waals surface area contributed by atoms with Gasteiger partial charge in [0, 0.05) is 6.20 Å². The number of carboxylic acid groups (broad SMARTS) is 1. The van der Waals surface area contributed by atoms with Crippen molar-refractivity contribution in [2.75, 3.05) is 0 Å². The highest BCUT2D eigenvalue weighted by Crippen LogP contribution is 1.75. The van der Waals surface area contributed by atoms with Crippen molar-refractivity contribution in [1.29, 1.82) is 0 Å². The maximum absolute atomic E-state index is 10.4. The first kappa shape index (κ1) is 10.2. The molecular weight excluding hydrogens is 158 g/mol. The summed E-state index contributed by atoms with van der Waals surface area (Å²) in [6, 6.07) is 0. The van der Waals surface area contributed by atoms with Crippen LogP contribution in [-0.2, 0) is 9.59 Å². The molecule has 0 aliphatic carbocycles. The zero-order valence-corrected chi connectivity index (χ0v) is 6.36. The Morgan fingerprint density at radius 3 is 2.42 bits per heavy atom. The van der Waals surface area contributed by atoms with Crippen LogP contribution in [0.4, 0.5) is 0 Å². The first-order valence-electron chi connectivity index (χ1n) is 3.16. The molecule has 1 amide bonds. The van der Waals surface area contributed by atoms with Crippen LogP contribution in [0.25, 0.3) is 0 Å². The van der Waals surface area contributed by atoms with Crippen LogP contribution in [0.5, 0.6) is 0 Å². The van der Waals surface area contributed by atoms with Crippen LogP contribution in [0.3, 0.4) is 0 Å². The van der Waals surface area contributed by atoms with Gasteiger partial charge in [0.2, 0.25) is 0 Å². The molecular formula is C8H9NO3. The van der Waals surface area contributed by atoms with E-state index < -0.39 is 11.9 Å². The molecule has 64 valence electrons. The fourth-order valence-corrected chi connectivity index (χ4v) is 0.384. The molecule has 0 unspecified atom stereocenters. The lowest BCUT2D eigenvalue weighted by atomic mass is 10.4. The standard InChI is InChI=1S/C8H9NO3/c1-2-3-4-5-6-9-7(10)8(11)12/h2-6H,1H2,(H,9,10)(H,11,12)/b4-3-,6-5?. The summed E-state index contributed by atoms with van der Waals surface area (Å²) < 4.78 is 0. The minimum absolute atomic E-state index is 1.06. The van der Waals surface area contributed by atoms with Crippen molar-refractivity contribution < 1.29 is 14.7 Å². The molecule has 4 heteroatoms. The minimum Gasteiger partial charge on any atom is -0.474 e. The Balaban J connectivity index is 3.75. The number of nitrogens with one attached hydrogen (secondary N) is 1. The highest BCUT2D eigenvalue weighted by Gasteiger charge is 2.06. The van der Waals surface area contributed by atoms with Crippen LogP contribution < -0.4 is 5.32 Å². The van der Waals surface area contributed by atoms with Gasteiger partial charge in [0.1, 0.15) is 0 Å². The number of carbonyl (C=O) groups excluding carboxylic acids is 1. The third kappa shape index (κ3) is 4.99. The lowest BCUT2D eigenvalue weighted by Crippen LogP contribution is -2.25. The van der Waals surface area contributed by atoms with Crippen molar-refractivity contribution in [2.45, 2.75) is 0 Å². The highest BCUT2D eigenvalue weighted by atomic mass is 16.4. The summed E-state index contributed by atoms with van der Waals surface area (Å²) in [5.74, 6) is -2.56. The minimum atomic E-state index is -1.51. The summed E-state index contributed by atoms with van der Waals surface area (Å²) in [5.41, 5.74) is 0. The Labute approximate surface area is 69.9 Å². The quantitative estimate of drug-likeness (QED) is 0.473. The molecule has 0 heterocycles. The predicted octanol–water partition coefficient (Wildman–Crippen LogP) is 0.443. The van der Waals surface area contributed by atoms with Gasteiger partial charge >= 0.3 is 11.9 Å². The fourth-order valence-electron chi connectivity index (χ4n) is 0.384. The van der Waals surface area contributed by atoms with Gasteiger partial charge in [-0.3, -0.25) is 4.79 Å². The Hall–Kier alpha value is -1.84. The van der Waals surface area contributed by atoms with E-state index in [2.05, 4.69) is 6.58 Å². The van der Waals surface area contributed by atoms with E-state index in [0.29, 0.717) is 0 Å². The zero-order valence-electron chi connectivity index (χ0n) is 6.36. The molecule has 2 N–H and O–H groups in total. The van der Waals surface area contributed by atoms with Gasteiger partial charge in [0.25, 0.3) is 0 Å². The maximum Gasteiger partial charge on any atom is 0.394 e. The largest absolute Gasteiger partial charge is 0.474 e. The summed E-state index contributed by atoms with van der Waals surface area (Å²) >= 11 is 0. The predicted molar refractivity (Wildman–Crippen MR) is 44.3 cm³/mol. The van der Waals surface area contributed by atoms with Gasteiger partial charge < -0.3 is 10.4 Å². The summed E-state index contributed by atoms with van der Waals surface area (Å²) in [6.07, 6.45) is 7.53. The van der Waals surface area contributed by atoms with Gasteiger partial charge in [-0.15, -0.1) is 0 Å². The Morgan fingerprint density at radius 1 is 1.25 bits per heavy atom. The van der Waals surface area contributed by atoms with E-state index in [1.807, 2.05) is 5.32 Å². The lowest BCUT2D eigenvalue weighted by molar-refractivity contribution is -0.149. The van der Waals surface area contributed by atoms with Crippen molar-refractivity contribution in [3.63, 3.8) is 0 Å². The maximum atomic E-state index is 10.4. The number of allylic oxidation sites excluding steroid dienone is 4. The van der Waals surface area contributed by atoms with E-state index in [4.69, 9.17) is 5.11 Å². The van der Waals surface area contributed by atoms with Crippen LogP contribution in [0.1, 0.15) is 0 Å². The van der Waals surface area contributed by atoms with Gasteiger partial charge in [0.05, 0.1) is 0 Å². The summed E-state index contributed by atoms with van der Waals surface area (Å²) in [5, 5.41) is 10.1. The summed E-state index contributed by atoms with van der Waals surface area (Å²) in [6.45, 7) is 3.42. The smallest absolute Gasteiger partial charge is 0.394 e. The molecule has 0 saturated heterocycles. The average molecular weight is 167 g/mol. The van der Waals surface area contributed by atoms with Crippen molar-refractivity contribution >= 4 is 11.9 Å². The van der Waals surface area contributed by atoms with Crippen molar-refractivity contribution in [1.82, 2.24) is 5.32 Å². The topological polar surface area (TPSA) is 66.4 Å². The number of carbonyl (C=O) groups is 2. The third-order valence-corrected chi connectivity index (χ3v) is 0.863. The molecule has 0 bridgehead atoms. The molecule has 0 atom stereocenters. The van der Waals surface area contributed by atoms with Crippen molar-refractivity contribution in [2.24, 2.45) is 0 Å². The highest BCUT2D eigenvalue weighted by molar-refractivity contribution is 6.31. The average Bonchev–Trinajstić information content (AvgIpc) is 2.03. The molecule has 0 spiro atoms. The number of hydrogen-bond donors (Lipinski definition) is 2. The van der Waals surface area contributed by atoms with E-state index in [-0.39, 0.29) is 0 Å². The van der Waals surface area contributed by atoms with Gasteiger partial charge in [-0.25, -0.2) is 4.79 Å². The molecule has 0 rings (SSSR count). The number of amides is 1. The van der Waals surface area contributed by atoms with Crippen molar-refractivity contribution in [3.8, 4) is 0 Å². The number of carboxylic acids is 1. The first-order valence-corrected chi connectivity index (χ1v) is 3.16. The first-order chi connectivity index (χ1) is 5.68. The third-order valence-electron chi connectivity index (χ3n) is 0.863. The Bertz CT molecular complexity index is 241. The second-order valence-electron chi connectivity index (χ2n) is 1.76. The van der Waals surface area contributed by atoms with E-state index >= 15 is 0 Å². The molecule has 0 aliphatic rings. The van der Waals surface area contributed by atoms with Crippen LogP contribution in [-0.4, -0.2) is 17.0 Å². The van der Waals surface area contributed by atoms with E-state index in [1.165, 1.54) is 12.3 Å². The number of hydrogen-bond acceptors (Lipinski definition) is 2. The SMILES string of the molecule is C=C/C=C\C=CNC(=O)C(=O)O. The molecule has 0 aromatic rings. The lowest BCUT2D eigenvalue weighted by Gasteiger charge is -1.89. The number of aliphatic carboxylic acids is 1. The van der Waals surface area contributed by atoms with Crippen LogP contribution in [0, 0.1) is 0 Å². The van der Waals surface area contributed by atoms with E-state index in [0.717, 1.165) is 0 Å². The summed E-state index contributed by atoms with van der Waals surface area (Å²) in [7, 11) is 0. The van der Waals surface area contributed by atoms with Crippen LogP contribution >= 0.6 is 0 Å². The van der Waals surface area contributed by atoms with Gasteiger partial charge in [-0.1, -0.05) is 24.8 Å².